The number of thioether (sulfide) groups is 1. The molecule has 1 N–H and O–H groups in total. The molecule has 0 aliphatic rings. The molecule has 3 heteroatoms. The zero-order valence-electron chi connectivity index (χ0n) is 8.18. The lowest BCUT2D eigenvalue weighted by atomic mass is 10.2. The molecule has 0 radical (unpaired) electrons. The minimum absolute atomic E-state index is 0.0527. The van der Waals surface area contributed by atoms with Gasteiger partial charge in [0.15, 0.2) is 0 Å². The molecule has 0 aromatic heterocycles. The number of hydrogen-bond donors (Lipinski definition) is 1. The zero-order valence-corrected chi connectivity index (χ0v) is 8.99. The van der Waals surface area contributed by atoms with Crippen molar-refractivity contribution < 1.29 is 4.79 Å². The SMILES string of the molecule is C=C(C)C(=O)NC(SC)C(C)C. The quantitative estimate of drug-likeness (QED) is 0.539. The van der Waals surface area contributed by atoms with Crippen molar-refractivity contribution in [2.24, 2.45) is 5.92 Å². The van der Waals surface area contributed by atoms with Crippen molar-refractivity contribution in [3.05, 3.63) is 12.2 Å². The first-order chi connectivity index (χ1) is 5.49. The number of hydrogen-bond acceptors (Lipinski definition) is 2. The highest BCUT2D eigenvalue weighted by Gasteiger charge is 2.14. The average Bonchev–Trinajstić information content (AvgIpc) is 1.98. The minimum Gasteiger partial charge on any atom is -0.340 e. The van der Waals surface area contributed by atoms with Crippen LogP contribution in [0.4, 0.5) is 0 Å². The summed E-state index contributed by atoms with van der Waals surface area (Å²) >= 11 is 1.65. The molecule has 0 rings (SSSR count). The van der Waals surface area contributed by atoms with Gasteiger partial charge in [-0.1, -0.05) is 20.4 Å². The van der Waals surface area contributed by atoms with E-state index in [0.29, 0.717) is 11.5 Å². The molecule has 0 aromatic carbocycles. The van der Waals surface area contributed by atoms with E-state index in [2.05, 4.69) is 25.7 Å². The van der Waals surface area contributed by atoms with Gasteiger partial charge in [-0.05, 0) is 19.1 Å². The second-order valence-electron chi connectivity index (χ2n) is 3.15. The van der Waals surface area contributed by atoms with Crippen molar-refractivity contribution in [2.75, 3.05) is 6.26 Å². The Hall–Kier alpha value is -0.440. The second kappa shape index (κ2) is 5.25. The molecule has 0 fully saturated rings. The Labute approximate surface area is 78.8 Å². The van der Waals surface area contributed by atoms with Gasteiger partial charge < -0.3 is 5.32 Å². The van der Waals surface area contributed by atoms with Gasteiger partial charge in [0.05, 0.1) is 5.37 Å². The smallest absolute Gasteiger partial charge is 0.247 e. The van der Waals surface area contributed by atoms with Crippen molar-refractivity contribution in [2.45, 2.75) is 26.1 Å². The van der Waals surface area contributed by atoms with E-state index in [1.807, 2.05) is 6.26 Å². The van der Waals surface area contributed by atoms with Gasteiger partial charge in [0.2, 0.25) is 5.91 Å². The molecule has 0 saturated carbocycles. The Bertz CT molecular complexity index is 177. The lowest BCUT2D eigenvalue weighted by Crippen LogP contribution is -2.36. The molecular weight excluding hydrogens is 170 g/mol. The van der Waals surface area contributed by atoms with E-state index in [0.717, 1.165) is 0 Å². The van der Waals surface area contributed by atoms with Crippen LogP contribution in [-0.2, 0) is 4.79 Å². The minimum atomic E-state index is -0.0527. The summed E-state index contributed by atoms with van der Waals surface area (Å²) in [5, 5.41) is 3.08. The molecule has 12 heavy (non-hydrogen) atoms. The summed E-state index contributed by atoms with van der Waals surface area (Å²) in [6.07, 6.45) is 1.99. The zero-order chi connectivity index (χ0) is 9.72. The maximum atomic E-state index is 11.2. The molecule has 0 saturated heterocycles. The van der Waals surface area contributed by atoms with Crippen molar-refractivity contribution in [3.8, 4) is 0 Å². The molecule has 0 aliphatic heterocycles. The van der Waals surface area contributed by atoms with Gasteiger partial charge in [0.25, 0.3) is 0 Å². The van der Waals surface area contributed by atoms with Gasteiger partial charge in [-0.3, -0.25) is 4.79 Å². The van der Waals surface area contributed by atoms with Crippen LogP contribution in [0.2, 0.25) is 0 Å². The summed E-state index contributed by atoms with van der Waals surface area (Å²) in [6, 6.07) is 0. The third kappa shape index (κ3) is 3.81. The van der Waals surface area contributed by atoms with Gasteiger partial charge in [0.1, 0.15) is 0 Å². The van der Waals surface area contributed by atoms with Crippen molar-refractivity contribution in [1.29, 1.82) is 0 Å². The average molecular weight is 187 g/mol. The summed E-state index contributed by atoms with van der Waals surface area (Å²) in [4.78, 5) is 11.2. The van der Waals surface area contributed by atoms with Crippen LogP contribution in [0, 0.1) is 5.92 Å². The molecule has 2 nitrogen and oxygen atoms in total. The van der Waals surface area contributed by atoms with Gasteiger partial charge in [-0.2, -0.15) is 0 Å². The predicted molar refractivity (Wildman–Crippen MR) is 55.1 cm³/mol. The van der Waals surface area contributed by atoms with Crippen LogP contribution in [-0.4, -0.2) is 17.5 Å². The van der Waals surface area contributed by atoms with E-state index < -0.39 is 0 Å². The molecule has 0 spiro atoms. The fourth-order valence-corrected chi connectivity index (χ4v) is 1.52. The van der Waals surface area contributed by atoms with Crippen LogP contribution >= 0.6 is 11.8 Å². The van der Waals surface area contributed by atoms with Crippen LogP contribution in [0.1, 0.15) is 20.8 Å². The topological polar surface area (TPSA) is 29.1 Å². The largest absolute Gasteiger partial charge is 0.340 e. The standard InChI is InChI=1S/C9H17NOS/c1-6(2)8(11)10-9(12-5)7(3)4/h7,9H,1H2,2-5H3,(H,10,11). The Morgan fingerprint density at radius 1 is 1.50 bits per heavy atom. The van der Waals surface area contributed by atoms with E-state index in [4.69, 9.17) is 0 Å². The number of amides is 1. The highest BCUT2D eigenvalue weighted by atomic mass is 32.2. The Kier molecular flexibility index (Phi) is 5.06. The third-order valence-electron chi connectivity index (χ3n) is 1.52. The van der Waals surface area contributed by atoms with Crippen molar-refractivity contribution >= 4 is 17.7 Å². The molecule has 0 bridgehead atoms. The second-order valence-corrected chi connectivity index (χ2v) is 4.13. The maximum Gasteiger partial charge on any atom is 0.247 e. The van der Waals surface area contributed by atoms with Gasteiger partial charge in [-0.15, -0.1) is 11.8 Å². The Morgan fingerprint density at radius 3 is 2.25 bits per heavy atom. The highest BCUT2D eigenvalue weighted by molar-refractivity contribution is 7.99. The van der Waals surface area contributed by atoms with E-state index in [9.17, 15) is 4.79 Å². The monoisotopic (exact) mass is 187 g/mol. The van der Waals surface area contributed by atoms with E-state index in [-0.39, 0.29) is 11.3 Å². The molecule has 1 amide bonds. The summed E-state index contributed by atoms with van der Waals surface area (Å²) in [6.45, 7) is 9.46. The van der Waals surface area contributed by atoms with Crippen LogP contribution < -0.4 is 5.32 Å². The fraction of sp³-hybridized carbons (Fsp3) is 0.667. The highest BCUT2D eigenvalue weighted by Crippen LogP contribution is 2.13. The molecule has 70 valence electrons. The Morgan fingerprint density at radius 2 is 2.00 bits per heavy atom. The number of rotatable bonds is 4. The van der Waals surface area contributed by atoms with Gasteiger partial charge in [0, 0.05) is 5.57 Å². The summed E-state index contributed by atoms with van der Waals surface area (Å²) in [5.74, 6) is 0.395. The fourth-order valence-electron chi connectivity index (χ4n) is 0.750. The molecule has 1 unspecified atom stereocenters. The van der Waals surface area contributed by atoms with Gasteiger partial charge >= 0.3 is 0 Å². The summed E-state index contributed by atoms with van der Waals surface area (Å²) in [7, 11) is 0. The number of carbonyl (C=O) groups is 1. The van der Waals surface area contributed by atoms with E-state index in [1.54, 1.807) is 18.7 Å². The first-order valence-corrected chi connectivity index (χ1v) is 5.27. The molecule has 0 aromatic rings. The van der Waals surface area contributed by atoms with Crippen molar-refractivity contribution in [3.63, 3.8) is 0 Å². The lowest BCUT2D eigenvalue weighted by Gasteiger charge is -2.19. The van der Waals surface area contributed by atoms with Crippen molar-refractivity contribution in [1.82, 2.24) is 5.32 Å². The van der Waals surface area contributed by atoms with Crippen LogP contribution in [0.5, 0.6) is 0 Å². The van der Waals surface area contributed by atoms with Crippen LogP contribution in [0.15, 0.2) is 12.2 Å². The summed E-state index contributed by atoms with van der Waals surface area (Å²) in [5.41, 5.74) is 0.565. The molecule has 0 heterocycles. The number of nitrogens with one attached hydrogen (secondary N) is 1. The third-order valence-corrected chi connectivity index (χ3v) is 2.69. The lowest BCUT2D eigenvalue weighted by molar-refractivity contribution is -0.117. The molecular formula is C9H17NOS. The Balaban J connectivity index is 4.03. The first kappa shape index (κ1) is 11.6. The van der Waals surface area contributed by atoms with Gasteiger partial charge in [-0.25, -0.2) is 0 Å². The summed E-state index contributed by atoms with van der Waals surface area (Å²) < 4.78 is 0. The molecule has 1 atom stereocenters. The predicted octanol–water partition coefficient (Wildman–Crippen LogP) is 2.02. The van der Waals surface area contributed by atoms with Crippen LogP contribution in [0.25, 0.3) is 0 Å². The normalized spacial score (nSPS) is 12.8. The number of carbonyl (C=O) groups excluding carboxylic acids is 1. The van der Waals surface area contributed by atoms with E-state index in [1.165, 1.54) is 0 Å². The van der Waals surface area contributed by atoms with Crippen LogP contribution in [0.3, 0.4) is 0 Å². The molecule has 0 aliphatic carbocycles. The van der Waals surface area contributed by atoms with E-state index >= 15 is 0 Å². The maximum absolute atomic E-state index is 11.2. The first-order valence-electron chi connectivity index (χ1n) is 3.98.